The molecule has 0 fully saturated rings. The van der Waals surface area contributed by atoms with Gasteiger partial charge in [0.25, 0.3) is 0 Å². The molecule has 0 amide bonds. The van der Waals surface area contributed by atoms with Gasteiger partial charge in [0, 0.05) is 11.8 Å². The molecule has 0 bridgehead atoms. The van der Waals surface area contributed by atoms with Gasteiger partial charge in [-0.05, 0) is 17.8 Å². The molecule has 0 aliphatic heterocycles. The van der Waals surface area contributed by atoms with Crippen LogP contribution in [0.5, 0.6) is 0 Å². The van der Waals surface area contributed by atoms with E-state index in [1.165, 1.54) is 0 Å². The lowest BCUT2D eigenvalue weighted by Crippen LogP contribution is -2.42. The first-order chi connectivity index (χ1) is 5.25. The van der Waals surface area contributed by atoms with E-state index in [-0.39, 0.29) is 17.2 Å². The smallest absolute Gasteiger partial charge is 0.0187 e. The molecule has 0 aromatic carbocycles. The zero-order valence-corrected chi connectivity index (χ0v) is 9.83. The second kappa shape index (κ2) is 4.55. The molecule has 0 spiro atoms. The van der Waals surface area contributed by atoms with Gasteiger partial charge in [0.1, 0.15) is 0 Å². The fraction of sp³-hybridized carbons (Fsp3) is 1.00. The molecular weight excluding hydrogens is 167 g/mol. The Bertz CT molecular complexity index is 129. The lowest BCUT2D eigenvalue weighted by Gasteiger charge is -2.32. The molecule has 0 heterocycles. The topological polar surface area (TPSA) is 52.0 Å². The van der Waals surface area contributed by atoms with Crippen LogP contribution in [0.2, 0.25) is 0 Å². The maximum atomic E-state index is 6.08. The maximum absolute atomic E-state index is 6.08. The molecule has 0 saturated carbocycles. The second-order valence-corrected chi connectivity index (χ2v) is 5.62. The summed E-state index contributed by atoms with van der Waals surface area (Å²) < 4.78 is 0. The van der Waals surface area contributed by atoms with E-state index in [2.05, 4.69) is 36.9 Å². The molecule has 2 nitrogen and oxygen atoms in total. The van der Waals surface area contributed by atoms with Crippen LogP contribution in [0.4, 0.5) is 0 Å². The van der Waals surface area contributed by atoms with Gasteiger partial charge in [-0.3, -0.25) is 0 Å². The van der Waals surface area contributed by atoms with Crippen LogP contribution in [0.1, 0.15) is 34.1 Å². The Morgan fingerprint density at radius 1 is 1.25 bits per heavy atom. The molecule has 3 heteroatoms. The van der Waals surface area contributed by atoms with Crippen LogP contribution in [-0.2, 0) is 0 Å². The van der Waals surface area contributed by atoms with E-state index in [4.69, 9.17) is 11.5 Å². The van der Waals surface area contributed by atoms with Gasteiger partial charge in [0.15, 0.2) is 0 Å². The highest BCUT2D eigenvalue weighted by Crippen LogP contribution is 2.26. The standard InChI is InChI=1S/C9H23N2P/c1-6(5-7(10)12)8(11)9(2,3)4/h6-8H,5,10-12H2,1-4H3. The zero-order chi connectivity index (χ0) is 9.94. The molecule has 4 atom stereocenters. The summed E-state index contributed by atoms with van der Waals surface area (Å²) in [5.74, 6) is 0.658. The van der Waals surface area contributed by atoms with Gasteiger partial charge in [-0.25, -0.2) is 0 Å². The first-order valence-electron chi connectivity index (χ1n) is 4.52. The second-order valence-electron chi connectivity index (χ2n) is 4.77. The van der Waals surface area contributed by atoms with Crippen molar-refractivity contribution in [2.45, 2.75) is 45.9 Å². The predicted octanol–water partition coefficient (Wildman–Crippen LogP) is 1.55. The van der Waals surface area contributed by atoms with Gasteiger partial charge in [-0.1, -0.05) is 27.7 Å². The fourth-order valence-corrected chi connectivity index (χ4v) is 1.86. The minimum atomic E-state index is 0.174. The minimum absolute atomic E-state index is 0.174. The van der Waals surface area contributed by atoms with E-state index in [9.17, 15) is 0 Å². The molecule has 0 aliphatic carbocycles. The molecule has 0 radical (unpaired) electrons. The summed E-state index contributed by atoms with van der Waals surface area (Å²) >= 11 is 0. The lowest BCUT2D eigenvalue weighted by molar-refractivity contribution is 0.239. The van der Waals surface area contributed by atoms with E-state index >= 15 is 0 Å². The van der Waals surface area contributed by atoms with Crippen LogP contribution in [-0.4, -0.2) is 11.8 Å². The van der Waals surface area contributed by atoms with E-state index in [0.29, 0.717) is 5.92 Å². The number of hydrogen-bond donors (Lipinski definition) is 2. The van der Waals surface area contributed by atoms with E-state index in [1.807, 2.05) is 0 Å². The highest BCUT2D eigenvalue weighted by Gasteiger charge is 2.26. The van der Waals surface area contributed by atoms with E-state index < -0.39 is 0 Å². The Hall–Kier alpha value is 0.350. The van der Waals surface area contributed by atoms with Crippen LogP contribution in [0.3, 0.4) is 0 Å². The highest BCUT2D eigenvalue weighted by molar-refractivity contribution is 7.17. The van der Waals surface area contributed by atoms with Crippen molar-refractivity contribution in [2.75, 3.05) is 0 Å². The Morgan fingerprint density at radius 2 is 1.67 bits per heavy atom. The van der Waals surface area contributed by atoms with Crippen molar-refractivity contribution < 1.29 is 0 Å². The van der Waals surface area contributed by atoms with Gasteiger partial charge in [-0.2, -0.15) is 0 Å². The predicted molar refractivity (Wildman–Crippen MR) is 58.9 cm³/mol. The largest absolute Gasteiger partial charge is 0.327 e. The zero-order valence-electron chi connectivity index (χ0n) is 8.67. The third kappa shape index (κ3) is 4.39. The molecule has 12 heavy (non-hydrogen) atoms. The Kier molecular flexibility index (Phi) is 4.68. The molecule has 0 rings (SSSR count). The molecule has 4 unspecified atom stereocenters. The molecule has 4 N–H and O–H groups in total. The van der Waals surface area contributed by atoms with Crippen molar-refractivity contribution in [1.82, 2.24) is 0 Å². The van der Waals surface area contributed by atoms with Gasteiger partial charge in [0.2, 0.25) is 0 Å². The Labute approximate surface area is 78.7 Å². The first-order valence-corrected chi connectivity index (χ1v) is 5.18. The number of nitrogens with two attached hydrogens (primary N) is 2. The minimum Gasteiger partial charge on any atom is -0.327 e. The average molecular weight is 190 g/mol. The van der Waals surface area contributed by atoms with E-state index in [1.54, 1.807) is 0 Å². The van der Waals surface area contributed by atoms with Crippen molar-refractivity contribution in [2.24, 2.45) is 22.8 Å². The molecule has 0 saturated heterocycles. The molecule has 0 aromatic rings. The van der Waals surface area contributed by atoms with Crippen LogP contribution in [0, 0.1) is 11.3 Å². The number of hydrogen-bond acceptors (Lipinski definition) is 2. The van der Waals surface area contributed by atoms with Crippen LogP contribution < -0.4 is 11.5 Å². The van der Waals surface area contributed by atoms with Crippen LogP contribution in [0.15, 0.2) is 0 Å². The fourth-order valence-electron chi connectivity index (χ4n) is 1.43. The summed E-state index contributed by atoms with van der Waals surface area (Å²) in [4.78, 5) is 0. The Balaban J connectivity index is 4.01. The summed E-state index contributed by atoms with van der Waals surface area (Å²) in [7, 11) is 2.61. The van der Waals surface area contributed by atoms with Gasteiger partial charge in [0.05, 0.1) is 0 Å². The third-order valence-electron chi connectivity index (χ3n) is 2.26. The SMILES string of the molecule is CC(CC(N)P)C(N)C(C)(C)C. The normalized spacial score (nSPS) is 20.2. The molecule has 74 valence electrons. The van der Waals surface area contributed by atoms with E-state index in [0.717, 1.165) is 6.42 Å². The summed E-state index contributed by atoms with van der Waals surface area (Å²) in [5, 5.41) is 0. The van der Waals surface area contributed by atoms with Crippen molar-refractivity contribution in [3.8, 4) is 0 Å². The Morgan fingerprint density at radius 3 is 1.92 bits per heavy atom. The van der Waals surface area contributed by atoms with Crippen LogP contribution >= 0.6 is 9.24 Å². The summed E-state index contributed by atoms with van der Waals surface area (Å²) in [6.45, 7) is 8.67. The number of rotatable bonds is 3. The monoisotopic (exact) mass is 190 g/mol. The quantitative estimate of drug-likeness (QED) is 0.663. The van der Waals surface area contributed by atoms with Crippen molar-refractivity contribution in [1.29, 1.82) is 0 Å². The lowest BCUT2D eigenvalue weighted by atomic mass is 9.79. The molecular formula is C9H23N2P. The van der Waals surface area contributed by atoms with Gasteiger partial charge in [-0.15, -0.1) is 9.24 Å². The summed E-state index contributed by atoms with van der Waals surface area (Å²) in [5.41, 5.74) is 11.9. The van der Waals surface area contributed by atoms with Crippen LogP contribution in [0.25, 0.3) is 0 Å². The third-order valence-corrected chi connectivity index (χ3v) is 2.53. The highest BCUT2D eigenvalue weighted by atomic mass is 31.0. The molecule has 0 aliphatic rings. The van der Waals surface area contributed by atoms with Gasteiger partial charge < -0.3 is 11.5 Å². The van der Waals surface area contributed by atoms with Crippen molar-refractivity contribution >= 4 is 9.24 Å². The van der Waals surface area contributed by atoms with Gasteiger partial charge >= 0.3 is 0 Å². The average Bonchev–Trinajstić information content (AvgIpc) is 1.82. The summed E-state index contributed by atoms with van der Waals surface area (Å²) in [6, 6.07) is 0.226. The maximum Gasteiger partial charge on any atom is 0.0187 e. The van der Waals surface area contributed by atoms with Crippen molar-refractivity contribution in [3.05, 3.63) is 0 Å². The summed E-state index contributed by atoms with van der Waals surface area (Å²) in [6.07, 6.45) is 0.975. The molecule has 0 aromatic heterocycles. The first kappa shape index (κ1) is 12.3. The van der Waals surface area contributed by atoms with Crippen molar-refractivity contribution in [3.63, 3.8) is 0 Å².